The minimum absolute atomic E-state index is 0.262. The van der Waals surface area contributed by atoms with E-state index in [9.17, 15) is 9.59 Å². The predicted octanol–water partition coefficient (Wildman–Crippen LogP) is 2.14. The highest BCUT2D eigenvalue weighted by Crippen LogP contribution is 2.33. The van der Waals surface area contributed by atoms with E-state index in [0.717, 1.165) is 18.5 Å². The summed E-state index contributed by atoms with van der Waals surface area (Å²) in [6.45, 7) is 1.83. The third-order valence-corrected chi connectivity index (χ3v) is 4.13. The van der Waals surface area contributed by atoms with Crippen molar-refractivity contribution in [3.05, 3.63) is 17.5 Å². The van der Waals surface area contributed by atoms with E-state index in [1.54, 1.807) is 6.20 Å². The zero-order valence-electron chi connectivity index (χ0n) is 12.6. The molecule has 1 amide bonds. The van der Waals surface area contributed by atoms with Gasteiger partial charge in [-0.25, -0.2) is 4.79 Å². The number of aromatic amines is 1. The van der Waals surface area contributed by atoms with Crippen molar-refractivity contribution < 1.29 is 14.3 Å². The second kappa shape index (κ2) is 7.24. The van der Waals surface area contributed by atoms with Crippen molar-refractivity contribution in [3.8, 4) is 0 Å². The van der Waals surface area contributed by atoms with Crippen LogP contribution in [0.15, 0.2) is 6.20 Å². The summed E-state index contributed by atoms with van der Waals surface area (Å²) in [5.41, 5.74) is 1.44. The smallest absolute Gasteiger partial charge is 0.328 e. The monoisotopic (exact) mass is 293 g/mol. The van der Waals surface area contributed by atoms with Crippen molar-refractivity contribution in [1.29, 1.82) is 0 Å². The molecule has 0 aliphatic heterocycles. The number of nitrogens with zero attached hydrogens (tertiary/aromatic N) is 1. The summed E-state index contributed by atoms with van der Waals surface area (Å²) in [5, 5.41) is 9.70. The Morgan fingerprint density at radius 3 is 2.76 bits per heavy atom. The Morgan fingerprint density at radius 1 is 1.43 bits per heavy atom. The number of hydrogen-bond donors (Lipinski definition) is 2. The molecule has 0 aromatic carbocycles. The lowest BCUT2D eigenvalue weighted by Gasteiger charge is -2.21. The molecule has 116 valence electrons. The molecule has 1 fully saturated rings. The summed E-state index contributed by atoms with van der Waals surface area (Å²) in [4.78, 5) is 24.0. The van der Waals surface area contributed by atoms with Crippen LogP contribution in [0, 0.1) is 0 Å². The first-order chi connectivity index (χ1) is 10.2. The molecular formula is C15H23N3O3. The Balaban J connectivity index is 2.09. The van der Waals surface area contributed by atoms with Gasteiger partial charge in [-0.2, -0.15) is 5.10 Å². The van der Waals surface area contributed by atoms with Crippen LogP contribution in [0.1, 0.15) is 67.4 Å². The number of H-pyrrole nitrogens is 1. The molecule has 1 atom stereocenters. The highest BCUT2D eigenvalue weighted by molar-refractivity contribution is 5.97. The van der Waals surface area contributed by atoms with E-state index in [2.05, 4.69) is 15.5 Å². The minimum atomic E-state index is -0.614. The molecule has 0 saturated heterocycles. The molecular weight excluding hydrogens is 270 g/mol. The summed E-state index contributed by atoms with van der Waals surface area (Å²) in [7, 11) is 1.32. The number of carbonyl (C=O) groups excluding carboxylic acids is 2. The van der Waals surface area contributed by atoms with Crippen LogP contribution in [0.2, 0.25) is 0 Å². The fourth-order valence-corrected chi connectivity index (χ4v) is 2.89. The topological polar surface area (TPSA) is 84.1 Å². The summed E-state index contributed by atoms with van der Waals surface area (Å²) in [6, 6.07) is -0.614. The standard InChI is InChI=1S/C15H23N3O3/c1-3-12(15(20)21-2)17-14(19)11-9-16-18-13(11)10-7-5-4-6-8-10/h9-10,12H,3-8H2,1-2H3,(H,16,18)(H,17,19). The van der Waals surface area contributed by atoms with E-state index < -0.39 is 12.0 Å². The third-order valence-electron chi connectivity index (χ3n) is 4.13. The molecule has 1 aromatic heterocycles. The van der Waals surface area contributed by atoms with Gasteiger partial charge in [-0.15, -0.1) is 0 Å². The summed E-state index contributed by atoms with van der Waals surface area (Å²) < 4.78 is 4.69. The average Bonchev–Trinajstić information content (AvgIpc) is 3.02. The SMILES string of the molecule is CCC(NC(=O)c1cn[nH]c1C1CCCCC1)C(=O)OC. The molecule has 6 nitrogen and oxygen atoms in total. The Kier molecular flexibility index (Phi) is 5.36. The molecule has 2 rings (SSSR count). The number of nitrogens with one attached hydrogen (secondary N) is 2. The van der Waals surface area contributed by atoms with Gasteiger partial charge in [0.1, 0.15) is 6.04 Å². The van der Waals surface area contributed by atoms with E-state index in [0.29, 0.717) is 17.9 Å². The van der Waals surface area contributed by atoms with Crippen LogP contribution >= 0.6 is 0 Å². The van der Waals surface area contributed by atoms with E-state index in [-0.39, 0.29) is 5.91 Å². The van der Waals surface area contributed by atoms with Gasteiger partial charge in [0.2, 0.25) is 0 Å². The molecule has 1 heterocycles. The van der Waals surface area contributed by atoms with Crippen LogP contribution in [0.25, 0.3) is 0 Å². The zero-order chi connectivity index (χ0) is 15.2. The van der Waals surface area contributed by atoms with Crippen molar-refractivity contribution in [2.45, 2.75) is 57.4 Å². The number of amides is 1. The third kappa shape index (κ3) is 3.62. The van der Waals surface area contributed by atoms with E-state index in [4.69, 9.17) is 4.74 Å². The molecule has 21 heavy (non-hydrogen) atoms. The zero-order valence-corrected chi connectivity index (χ0v) is 12.6. The maximum Gasteiger partial charge on any atom is 0.328 e. The number of hydrogen-bond acceptors (Lipinski definition) is 4. The molecule has 6 heteroatoms. The Hall–Kier alpha value is -1.85. The van der Waals surface area contributed by atoms with Crippen LogP contribution in [-0.2, 0) is 9.53 Å². The highest BCUT2D eigenvalue weighted by Gasteiger charge is 2.26. The lowest BCUT2D eigenvalue weighted by atomic mass is 9.85. The number of carbonyl (C=O) groups is 2. The second-order valence-electron chi connectivity index (χ2n) is 5.49. The Labute approximate surface area is 124 Å². The molecule has 1 saturated carbocycles. The van der Waals surface area contributed by atoms with Crippen LogP contribution in [0.3, 0.4) is 0 Å². The number of esters is 1. The highest BCUT2D eigenvalue weighted by atomic mass is 16.5. The first-order valence-electron chi connectivity index (χ1n) is 7.59. The fraction of sp³-hybridized carbons (Fsp3) is 0.667. The van der Waals surface area contributed by atoms with E-state index >= 15 is 0 Å². The maximum absolute atomic E-state index is 12.4. The molecule has 2 N–H and O–H groups in total. The number of aromatic nitrogens is 2. The molecule has 1 aromatic rings. The van der Waals surface area contributed by atoms with Crippen molar-refractivity contribution >= 4 is 11.9 Å². The van der Waals surface area contributed by atoms with Crippen molar-refractivity contribution in [3.63, 3.8) is 0 Å². The van der Waals surface area contributed by atoms with E-state index in [1.165, 1.54) is 26.4 Å². The molecule has 1 aliphatic carbocycles. The fourth-order valence-electron chi connectivity index (χ4n) is 2.89. The van der Waals surface area contributed by atoms with Gasteiger partial charge in [-0.3, -0.25) is 9.89 Å². The van der Waals surface area contributed by atoms with Gasteiger partial charge in [-0.05, 0) is 19.3 Å². The first kappa shape index (κ1) is 15.5. The lowest BCUT2D eigenvalue weighted by molar-refractivity contribution is -0.142. The van der Waals surface area contributed by atoms with Gasteiger partial charge in [0, 0.05) is 5.92 Å². The average molecular weight is 293 g/mol. The molecule has 0 spiro atoms. The number of ether oxygens (including phenoxy) is 1. The predicted molar refractivity (Wildman–Crippen MR) is 78.0 cm³/mol. The van der Waals surface area contributed by atoms with Crippen molar-refractivity contribution in [2.75, 3.05) is 7.11 Å². The van der Waals surface area contributed by atoms with Gasteiger partial charge in [0.05, 0.1) is 24.6 Å². The molecule has 1 aliphatic rings. The summed E-state index contributed by atoms with van der Waals surface area (Å²) in [5.74, 6) is -0.324. The number of rotatable bonds is 5. The van der Waals surface area contributed by atoms with Gasteiger partial charge in [0.25, 0.3) is 5.91 Å². The Morgan fingerprint density at radius 2 is 2.14 bits per heavy atom. The number of methoxy groups -OCH3 is 1. The summed E-state index contributed by atoms with van der Waals surface area (Å²) >= 11 is 0. The molecule has 1 unspecified atom stereocenters. The van der Waals surface area contributed by atoms with Crippen molar-refractivity contribution in [2.24, 2.45) is 0 Å². The molecule has 0 radical (unpaired) electrons. The normalized spacial score (nSPS) is 17.2. The summed E-state index contributed by atoms with van der Waals surface area (Å²) in [6.07, 6.45) is 7.83. The maximum atomic E-state index is 12.4. The quantitative estimate of drug-likeness (QED) is 0.815. The van der Waals surface area contributed by atoms with Crippen LogP contribution in [0.5, 0.6) is 0 Å². The minimum Gasteiger partial charge on any atom is -0.467 e. The Bertz CT molecular complexity index is 492. The largest absolute Gasteiger partial charge is 0.467 e. The van der Waals surface area contributed by atoms with Gasteiger partial charge >= 0.3 is 5.97 Å². The van der Waals surface area contributed by atoms with E-state index in [1.807, 2.05) is 6.92 Å². The van der Waals surface area contributed by atoms with Gasteiger partial charge in [0.15, 0.2) is 0 Å². The van der Waals surface area contributed by atoms with Crippen LogP contribution in [0.4, 0.5) is 0 Å². The first-order valence-corrected chi connectivity index (χ1v) is 7.59. The van der Waals surface area contributed by atoms with Gasteiger partial charge < -0.3 is 10.1 Å². The second-order valence-corrected chi connectivity index (χ2v) is 5.49. The van der Waals surface area contributed by atoms with Crippen LogP contribution in [-0.4, -0.2) is 35.2 Å². The lowest BCUT2D eigenvalue weighted by Crippen LogP contribution is -2.41. The van der Waals surface area contributed by atoms with Crippen LogP contribution < -0.4 is 5.32 Å². The van der Waals surface area contributed by atoms with Gasteiger partial charge in [-0.1, -0.05) is 26.2 Å². The van der Waals surface area contributed by atoms with Crippen molar-refractivity contribution in [1.82, 2.24) is 15.5 Å². The molecule has 0 bridgehead atoms.